The average molecular weight is 134 g/mol. The van der Waals surface area contributed by atoms with Gasteiger partial charge in [-0.15, -0.1) is 0 Å². The molecule has 4 nitrogen and oxygen atoms in total. The molecule has 1 aliphatic heterocycles. The Bertz CT molecular complexity index is 95.0. The Balaban J connectivity index is 2.38. The molecular weight excluding hydrogens is 124 g/mol. The van der Waals surface area contributed by atoms with Gasteiger partial charge in [-0.1, -0.05) is 0 Å². The van der Waals surface area contributed by atoms with E-state index in [0.717, 1.165) is 0 Å². The minimum Gasteiger partial charge on any atom is -0.394 e. The predicted octanol–water partition coefficient (Wildman–Crippen LogP) is -1.55. The third-order valence-electron chi connectivity index (χ3n) is 1.38. The Morgan fingerprint density at radius 3 is 2.33 bits per heavy atom. The number of hydrogen-bond acceptors (Lipinski definition) is 4. The number of aliphatic hydroxyl groups excluding tert-OH is 3. The first kappa shape index (κ1) is 6.95. The standard InChI is InChI=1S/C5H10O4/c6-2-4-3(7)1-5(8)9-4/h3-8H,1-2H2/t3-,4?,5?/m0/s1. The summed E-state index contributed by atoms with van der Waals surface area (Å²) in [4.78, 5) is 0. The van der Waals surface area contributed by atoms with Gasteiger partial charge in [-0.3, -0.25) is 0 Å². The summed E-state index contributed by atoms with van der Waals surface area (Å²) >= 11 is 0. The van der Waals surface area contributed by atoms with Gasteiger partial charge in [0.25, 0.3) is 0 Å². The second kappa shape index (κ2) is 2.62. The quantitative estimate of drug-likeness (QED) is 0.406. The van der Waals surface area contributed by atoms with Gasteiger partial charge < -0.3 is 20.1 Å². The Hall–Kier alpha value is -0.160. The van der Waals surface area contributed by atoms with Crippen molar-refractivity contribution < 1.29 is 20.1 Å². The highest BCUT2D eigenvalue weighted by molar-refractivity contribution is 4.75. The second-order valence-electron chi connectivity index (χ2n) is 2.11. The molecule has 0 radical (unpaired) electrons. The summed E-state index contributed by atoms with van der Waals surface area (Å²) in [5.74, 6) is 0. The van der Waals surface area contributed by atoms with E-state index in [1.807, 2.05) is 0 Å². The first-order valence-corrected chi connectivity index (χ1v) is 2.86. The topological polar surface area (TPSA) is 69.9 Å². The minimum absolute atomic E-state index is 0.200. The van der Waals surface area contributed by atoms with Crippen LogP contribution < -0.4 is 0 Å². The van der Waals surface area contributed by atoms with Crippen molar-refractivity contribution in [3.05, 3.63) is 0 Å². The highest BCUT2D eigenvalue weighted by atomic mass is 16.6. The fourth-order valence-electron chi connectivity index (χ4n) is 0.871. The van der Waals surface area contributed by atoms with Gasteiger partial charge in [0.15, 0.2) is 6.29 Å². The normalized spacial score (nSPS) is 43.7. The molecular formula is C5H10O4. The predicted molar refractivity (Wildman–Crippen MR) is 28.6 cm³/mol. The maximum absolute atomic E-state index is 8.91. The van der Waals surface area contributed by atoms with E-state index in [2.05, 4.69) is 4.74 Å². The van der Waals surface area contributed by atoms with E-state index in [9.17, 15) is 0 Å². The van der Waals surface area contributed by atoms with Crippen LogP contribution in [0.1, 0.15) is 6.42 Å². The van der Waals surface area contributed by atoms with Crippen molar-refractivity contribution in [2.75, 3.05) is 6.61 Å². The molecule has 54 valence electrons. The van der Waals surface area contributed by atoms with Crippen LogP contribution in [0.25, 0.3) is 0 Å². The van der Waals surface area contributed by atoms with Crippen LogP contribution in [0.15, 0.2) is 0 Å². The Morgan fingerprint density at radius 1 is 1.44 bits per heavy atom. The van der Waals surface area contributed by atoms with Gasteiger partial charge in [-0.25, -0.2) is 0 Å². The molecule has 0 aromatic heterocycles. The molecule has 1 rings (SSSR count). The van der Waals surface area contributed by atoms with E-state index in [-0.39, 0.29) is 13.0 Å². The largest absolute Gasteiger partial charge is 0.394 e. The second-order valence-corrected chi connectivity index (χ2v) is 2.11. The number of ether oxygens (including phenoxy) is 1. The van der Waals surface area contributed by atoms with E-state index in [1.165, 1.54) is 0 Å². The Kier molecular flexibility index (Phi) is 2.02. The molecule has 0 aliphatic carbocycles. The molecule has 0 bridgehead atoms. The smallest absolute Gasteiger partial charge is 0.157 e. The SMILES string of the molecule is OCC1OC(O)C[C@@H]1O. The summed E-state index contributed by atoms with van der Waals surface area (Å²) in [5, 5.41) is 26.1. The average Bonchev–Trinajstić information content (AvgIpc) is 2.10. The molecule has 9 heavy (non-hydrogen) atoms. The molecule has 4 heteroatoms. The molecule has 0 spiro atoms. The zero-order valence-corrected chi connectivity index (χ0v) is 4.90. The molecule has 0 amide bonds. The maximum atomic E-state index is 8.91. The Morgan fingerprint density at radius 2 is 2.11 bits per heavy atom. The van der Waals surface area contributed by atoms with Crippen molar-refractivity contribution in [1.82, 2.24) is 0 Å². The lowest BCUT2D eigenvalue weighted by atomic mass is 10.2. The lowest BCUT2D eigenvalue weighted by molar-refractivity contribution is -0.107. The van der Waals surface area contributed by atoms with Crippen LogP contribution in [0, 0.1) is 0 Å². The van der Waals surface area contributed by atoms with Crippen LogP contribution in [-0.2, 0) is 4.74 Å². The Labute approximate surface area is 52.7 Å². The van der Waals surface area contributed by atoms with Gasteiger partial charge >= 0.3 is 0 Å². The molecule has 3 N–H and O–H groups in total. The van der Waals surface area contributed by atoms with Crippen molar-refractivity contribution >= 4 is 0 Å². The van der Waals surface area contributed by atoms with Crippen LogP contribution in [0.5, 0.6) is 0 Å². The molecule has 1 saturated heterocycles. The molecule has 1 aliphatic rings. The lowest BCUT2D eigenvalue weighted by Gasteiger charge is -2.08. The summed E-state index contributed by atoms with van der Waals surface area (Å²) in [5.41, 5.74) is 0. The molecule has 0 aromatic rings. The van der Waals surface area contributed by atoms with Gasteiger partial charge in [-0.05, 0) is 0 Å². The van der Waals surface area contributed by atoms with Gasteiger partial charge in [0, 0.05) is 6.42 Å². The molecule has 1 fully saturated rings. The van der Waals surface area contributed by atoms with Crippen molar-refractivity contribution in [3.63, 3.8) is 0 Å². The summed E-state index contributed by atoms with van der Waals surface area (Å²) in [6.07, 6.45) is -2.02. The van der Waals surface area contributed by atoms with E-state index in [4.69, 9.17) is 15.3 Å². The van der Waals surface area contributed by atoms with E-state index in [0.29, 0.717) is 0 Å². The van der Waals surface area contributed by atoms with Crippen molar-refractivity contribution in [2.45, 2.75) is 24.9 Å². The fourth-order valence-corrected chi connectivity index (χ4v) is 0.871. The first-order chi connectivity index (χ1) is 4.24. The van der Waals surface area contributed by atoms with E-state index >= 15 is 0 Å². The summed E-state index contributed by atoms with van der Waals surface area (Å²) < 4.78 is 4.68. The van der Waals surface area contributed by atoms with Crippen molar-refractivity contribution in [2.24, 2.45) is 0 Å². The summed E-state index contributed by atoms with van der Waals surface area (Å²) in [7, 11) is 0. The van der Waals surface area contributed by atoms with Gasteiger partial charge in [0.05, 0.1) is 12.7 Å². The molecule has 3 atom stereocenters. The van der Waals surface area contributed by atoms with Crippen LogP contribution in [0.3, 0.4) is 0 Å². The van der Waals surface area contributed by atoms with Crippen LogP contribution >= 0.6 is 0 Å². The number of rotatable bonds is 1. The summed E-state index contributed by atoms with van der Waals surface area (Å²) in [6.45, 7) is -0.238. The third-order valence-corrected chi connectivity index (χ3v) is 1.38. The van der Waals surface area contributed by atoms with E-state index in [1.54, 1.807) is 0 Å². The molecule has 1 heterocycles. The third kappa shape index (κ3) is 1.40. The van der Waals surface area contributed by atoms with Crippen LogP contribution in [0.2, 0.25) is 0 Å². The zero-order valence-electron chi connectivity index (χ0n) is 4.90. The van der Waals surface area contributed by atoms with E-state index < -0.39 is 18.5 Å². The molecule has 0 saturated carbocycles. The maximum Gasteiger partial charge on any atom is 0.157 e. The first-order valence-electron chi connectivity index (χ1n) is 2.86. The summed E-state index contributed by atoms with van der Waals surface area (Å²) in [6, 6.07) is 0. The van der Waals surface area contributed by atoms with Crippen LogP contribution in [0.4, 0.5) is 0 Å². The van der Waals surface area contributed by atoms with Gasteiger partial charge in [-0.2, -0.15) is 0 Å². The number of aliphatic hydroxyl groups is 3. The lowest BCUT2D eigenvalue weighted by Crippen LogP contribution is -2.24. The van der Waals surface area contributed by atoms with Crippen LogP contribution in [-0.4, -0.2) is 40.4 Å². The van der Waals surface area contributed by atoms with Gasteiger partial charge in [0.1, 0.15) is 6.10 Å². The zero-order chi connectivity index (χ0) is 6.85. The molecule has 2 unspecified atom stereocenters. The van der Waals surface area contributed by atoms with Crippen molar-refractivity contribution in [3.8, 4) is 0 Å². The van der Waals surface area contributed by atoms with Crippen molar-refractivity contribution in [1.29, 1.82) is 0 Å². The monoisotopic (exact) mass is 134 g/mol. The van der Waals surface area contributed by atoms with Gasteiger partial charge in [0.2, 0.25) is 0 Å². The number of hydrogen-bond donors (Lipinski definition) is 3. The highest BCUT2D eigenvalue weighted by Gasteiger charge is 2.31. The minimum atomic E-state index is -0.905. The molecule has 0 aromatic carbocycles. The highest BCUT2D eigenvalue weighted by Crippen LogP contribution is 2.17. The fraction of sp³-hybridized carbons (Fsp3) is 1.00.